The molecule has 1 aromatic rings. The third-order valence-corrected chi connectivity index (χ3v) is 2.39. The second kappa shape index (κ2) is 6.00. The Morgan fingerprint density at radius 1 is 1.29 bits per heavy atom. The minimum absolute atomic E-state index is 0.384. The van der Waals surface area contributed by atoms with Crippen molar-refractivity contribution < 1.29 is 19.8 Å². The zero-order valence-electron chi connectivity index (χ0n) is 9.51. The molecule has 17 heavy (non-hydrogen) atoms. The number of carboxylic acid groups (broad SMARTS) is 2. The monoisotopic (exact) mass is 237 g/mol. The van der Waals surface area contributed by atoms with Crippen molar-refractivity contribution in [1.29, 1.82) is 0 Å². The lowest BCUT2D eigenvalue weighted by atomic mass is 9.91. The Balaban J connectivity index is 0.000000317. The van der Waals surface area contributed by atoms with E-state index in [1.54, 1.807) is 0 Å². The van der Waals surface area contributed by atoms with Gasteiger partial charge < -0.3 is 15.5 Å². The summed E-state index contributed by atoms with van der Waals surface area (Å²) in [6.45, 7) is 2.40. The lowest BCUT2D eigenvalue weighted by molar-refractivity contribution is -0.139. The summed E-state index contributed by atoms with van der Waals surface area (Å²) in [5, 5.41) is 19.5. The van der Waals surface area contributed by atoms with Gasteiger partial charge in [0.05, 0.1) is 5.92 Å². The largest absolute Gasteiger partial charge is 0.481 e. The van der Waals surface area contributed by atoms with Gasteiger partial charge >= 0.3 is 5.97 Å². The van der Waals surface area contributed by atoms with Crippen LogP contribution in [0.1, 0.15) is 24.0 Å². The van der Waals surface area contributed by atoms with Gasteiger partial charge in [0.25, 0.3) is 5.97 Å². The average molecular weight is 237 g/mol. The SMILES string of the molecule is CC(=O)O.O=C(O)C1CNCc2ccccc21. The highest BCUT2D eigenvalue weighted by molar-refractivity contribution is 5.77. The molecule has 3 N–H and O–H groups in total. The van der Waals surface area contributed by atoms with Crippen LogP contribution in [0, 0.1) is 0 Å². The molecule has 0 saturated heterocycles. The number of benzene rings is 1. The predicted octanol–water partition coefficient (Wildman–Crippen LogP) is 1.05. The van der Waals surface area contributed by atoms with Gasteiger partial charge in [0.1, 0.15) is 0 Å². The fourth-order valence-corrected chi connectivity index (χ4v) is 1.72. The van der Waals surface area contributed by atoms with Crippen molar-refractivity contribution in [2.75, 3.05) is 6.54 Å². The zero-order chi connectivity index (χ0) is 12.8. The van der Waals surface area contributed by atoms with E-state index in [9.17, 15) is 4.79 Å². The third kappa shape index (κ3) is 3.88. The number of nitrogens with one attached hydrogen (secondary N) is 1. The molecule has 0 saturated carbocycles. The summed E-state index contributed by atoms with van der Waals surface area (Å²) in [6.07, 6.45) is 0. The van der Waals surface area contributed by atoms with Gasteiger partial charge in [-0.15, -0.1) is 0 Å². The van der Waals surface area contributed by atoms with Gasteiger partial charge in [-0.05, 0) is 11.1 Å². The van der Waals surface area contributed by atoms with Crippen molar-refractivity contribution in [3.8, 4) is 0 Å². The molecule has 0 aromatic heterocycles. The van der Waals surface area contributed by atoms with Crippen LogP contribution in [0.4, 0.5) is 0 Å². The van der Waals surface area contributed by atoms with E-state index in [0.29, 0.717) is 6.54 Å². The van der Waals surface area contributed by atoms with Gasteiger partial charge in [-0.3, -0.25) is 9.59 Å². The van der Waals surface area contributed by atoms with Crippen LogP contribution in [0.5, 0.6) is 0 Å². The van der Waals surface area contributed by atoms with E-state index in [-0.39, 0.29) is 5.92 Å². The highest BCUT2D eigenvalue weighted by Gasteiger charge is 2.24. The number of hydrogen-bond acceptors (Lipinski definition) is 3. The molecule has 1 aliphatic heterocycles. The van der Waals surface area contributed by atoms with Crippen molar-refractivity contribution in [3.63, 3.8) is 0 Å². The van der Waals surface area contributed by atoms with Crippen LogP contribution in [0.2, 0.25) is 0 Å². The molecular weight excluding hydrogens is 222 g/mol. The second-order valence-electron chi connectivity index (χ2n) is 3.74. The van der Waals surface area contributed by atoms with Gasteiger partial charge in [-0.2, -0.15) is 0 Å². The standard InChI is InChI=1S/C10H11NO2.C2H4O2/c12-10(13)9-6-11-5-7-3-1-2-4-8(7)9;1-2(3)4/h1-4,9,11H,5-6H2,(H,12,13);1H3,(H,3,4). The van der Waals surface area contributed by atoms with Gasteiger partial charge in [-0.1, -0.05) is 24.3 Å². The summed E-state index contributed by atoms with van der Waals surface area (Å²) in [5.74, 6) is -1.97. The highest BCUT2D eigenvalue weighted by atomic mass is 16.4. The van der Waals surface area contributed by atoms with Crippen LogP contribution in [-0.2, 0) is 16.1 Å². The van der Waals surface area contributed by atoms with E-state index in [1.165, 1.54) is 0 Å². The Morgan fingerprint density at radius 3 is 2.47 bits per heavy atom. The van der Waals surface area contributed by atoms with Crippen LogP contribution >= 0.6 is 0 Å². The maximum absolute atomic E-state index is 10.9. The predicted molar refractivity (Wildman–Crippen MR) is 61.8 cm³/mol. The van der Waals surface area contributed by atoms with Gasteiger partial charge in [0.15, 0.2) is 0 Å². The summed E-state index contributed by atoms with van der Waals surface area (Å²) < 4.78 is 0. The van der Waals surface area contributed by atoms with E-state index >= 15 is 0 Å². The number of hydrogen-bond donors (Lipinski definition) is 3. The first-order valence-corrected chi connectivity index (χ1v) is 5.23. The number of rotatable bonds is 1. The lowest BCUT2D eigenvalue weighted by Gasteiger charge is -2.22. The van der Waals surface area contributed by atoms with Crippen LogP contribution in [0.15, 0.2) is 24.3 Å². The van der Waals surface area contributed by atoms with Crippen LogP contribution < -0.4 is 5.32 Å². The molecule has 1 aliphatic rings. The van der Waals surface area contributed by atoms with Crippen molar-refractivity contribution in [3.05, 3.63) is 35.4 Å². The van der Waals surface area contributed by atoms with Gasteiger partial charge in [-0.25, -0.2) is 0 Å². The third-order valence-electron chi connectivity index (χ3n) is 2.39. The van der Waals surface area contributed by atoms with E-state index in [2.05, 4.69) is 5.32 Å². The molecule has 5 nitrogen and oxygen atoms in total. The minimum Gasteiger partial charge on any atom is -0.481 e. The Kier molecular flexibility index (Phi) is 4.66. The lowest BCUT2D eigenvalue weighted by Crippen LogP contribution is -2.32. The van der Waals surface area contributed by atoms with E-state index in [1.807, 2.05) is 24.3 Å². The number of carbonyl (C=O) groups is 2. The van der Waals surface area contributed by atoms with Crippen LogP contribution in [-0.4, -0.2) is 28.7 Å². The average Bonchev–Trinajstić information content (AvgIpc) is 2.27. The molecule has 0 aliphatic carbocycles. The van der Waals surface area contributed by atoms with Crippen LogP contribution in [0.25, 0.3) is 0 Å². The highest BCUT2D eigenvalue weighted by Crippen LogP contribution is 2.23. The summed E-state index contributed by atoms with van der Waals surface area (Å²) in [5.41, 5.74) is 2.05. The molecule has 0 bridgehead atoms. The summed E-state index contributed by atoms with van der Waals surface area (Å²) in [6, 6.07) is 7.69. The Morgan fingerprint density at radius 2 is 1.88 bits per heavy atom. The molecule has 0 fully saturated rings. The molecule has 0 radical (unpaired) electrons. The topological polar surface area (TPSA) is 86.6 Å². The molecule has 2 rings (SSSR count). The fourth-order valence-electron chi connectivity index (χ4n) is 1.72. The van der Waals surface area contributed by atoms with Gasteiger partial charge in [0.2, 0.25) is 0 Å². The maximum Gasteiger partial charge on any atom is 0.312 e. The van der Waals surface area contributed by atoms with E-state index in [4.69, 9.17) is 15.0 Å². The molecule has 1 unspecified atom stereocenters. The van der Waals surface area contributed by atoms with Crippen molar-refractivity contribution in [1.82, 2.24) is 5.32 Å². The second-order valence-corrected chi connectivity index (χ2v) is 3.74. The minimum atomic E-state index is -0.833. The van der Waals surface area contributed by atoms with Crippen molar-refractivity contribution in [2.45, 2.75) is 19.4 Å². The van der Waals surface area contributed by atoms with Crippen molar-refractivity contribution >= 4 is 11.9 Å². The molecule has 1 heterocycles. The summed E-state index contributed by atoms with van der Waals surface area (Å²) in [7, 11) is 0. The molecule has 1 atom stereocenters. The molecular formula is C12H15NO4. The van der Waals surface area contributed by atoms with E-state index < -0.39 is 11.9 Å². The maximum atomic E-state index is 10.9. The molecule has 92 valence electrons. The summed E-state index contributed by atoms with van der Waals surface area (Å²) >= 11 is 0. The first kappa shape index (κ1) is 13.2. The summed E-state index contributed by atoms with van der Waals surface area (Å²) in [4.78, 5) is 19.9. The first-order valence-electron chi connectivity index (χ1n) is 5.23. The fraction of sp³-hybridized carbons (Fsp3) is 0.333. The number of aliphatic carboxylic acids is 2. The van der Waals surface area contributed by atoms with Crippen molar-refractivity contribution in [2.24, 2.45) is 0 Å². The van der Waals surface area contributed by atoms with E-state index in [0.717, 1.165) is 24.6 Å². The number of carboxylic acids is 2. The molecule has 1 aromatic carbocycles. The smallest absolute Gasteiger partial charge is 0.312 e. The Bertz CT molecular complexity index is 413. The Hall–Kier alpha value is -1.88. The normalized spacial score (nSPS) is 17.4. The number of fused-ring (bicyclic) bond motifs is 1. The molecule has 0 spiro atoms. The van der Waals surface area contributed by atoms with Gasteiger partial charge in [0, 0.05) is 20.0 Å². The quantitative estimate of drug-likeness (QED) is 0.679. The molecule has 5 heteroatoms. The first-order chi connectivity index (χ1) is 8.02. The van der Waals surface area contributed by atoms with Crippen LogP contribution in [0.3, 0.4) is 0 Å². The molecule has 0 amide bonds. The Labute approximate surface area is 99.1 Å². The zero-order valence-corrected chi connectivity index (χ0v) is 9.51.